The van der Waals surface area contributed by atoms with Crippen molar-refractivity contribution in [2.75, 3.05) is 20.1 Å². The van der Waals surface area contributed by atoms with Gasteiger partial charge in [0.1, 0.15) is 0 Å². The minimum atomic E-state index is -0.156. The average molecular weight is 277 g/mol. The van der Waals surface area contributed by atoms with Gasteiger partial charge in [-0.25, -0.2) is 0 Å². The summed E-state index contributed by atoms with van der Waals surface area (Å²) in [4.78, 5) is 14.0. The summed E-state index contributed by atoms with van der Waals surface area (Å²) < 4.78 is 0. The lowest BCUT2D eigenvalue weighted by atomic mass is 10.1. The summed E-state index contributed by atoms with van der Waals surface area (Å²) in [5, 5.41) is 5.85. The number of likely N-dealkylation sites (N-methyl/N-ethyl adjacent to an activating group) is 1. The molecule has 0 radical (unpaired) electrons. The number of nitrogens with zero attached hydrogens (tertiary/aromatic N) is 1. The van der Waals surface area contributed by atoms with E-state index in [1.54, 1.807) is 7.05 Å². The Balaban J connectivity index is 2.48. The summed E-state index contributed by atoms with van der Waals surface area (Å²) in [5.41, 5.74) is 2.44. The Bertz CT molecular complexity index is 399. The van der Waals surface area contributed by atoms with Crippen molar-refractivity contribution in [2.24, 2.45) is 0 Å². The number of carbonyl (C=O) groups is 1. The highest BCUT2D eigenvalue weighted by Crippen LogP contribution is 2.07. The van der Waals surface area contributed by atoms with Crippen LogP contribution in [0.2, 0.25) is 0 Å². The first kappa shape index (κ1) is 16.7. The molecule has 112 valence electrons. The van der Waals surface area contributed by atoms with E-state index in [2.05, 4.69) is 53.6 Å². The van der Waals surface area contributed by atoms with Crippen LogP contribution in [0.4, 0.5) is 0 Å². The quantitative estimate of drug-likeness (QED) is 0.761. The molecule has 1 rings (SSSR count). The Morgan fingerprint density at radius 3 is 2.20 bits per heavy atom. The van der Waals surface area contributed by atoms with E-state index < -0.39 is 0 Å². The average Bonchev–Trinajstić information content (AvgIpc) is 2.50. The van der Waals surface area contributed by atoms with Crippen molar-refractivity contribution in [1.82, 2.24) is 15.5 Å². The third-order valence-corrected chi connectivity index (χ3v) is 3.62. The van der Waals surface area contributed by atoms with Crippen LogP contribution >= 0.6 is 0 Å². The fourth-order valence-corrected chi connectivity index (χ4v) is 1.94. The zero-order chi connectivity index (χ0) is 15.0. The Morgan fingerprint density at radius 2 is 1.70 bits per heavy atom. The first-order chi connectivity index (χ1) is 9.60. The summed E-state index contributed by atoms with van der Waals surface area (Å²) >= 11 is 0. The van der Waals surface area contributed by atoms with Gasteiger partial charge in [-0.15, -0.1) is 0 Å². The van der Waals surface area contributed by atoms with Gasteiger partial charge in [0.15, 0.2) is 0 Å². The monoisotopic (exact) mass is 277 g/mol. The first-order valence-electron chi connectivity index (χ1n) is 7.35. The molecule has 1 atom stereocenters. The standard InChI is InChI=1S/C16H27N3O/c1-5-19(6-2)12-15-9-7-14(8-10-15)11-18-16(20)13(3)17-4/h7-10,13,17H,5-6,11-12H2,1-4H3,(H,18,20). The zero-order valence-electron chi connectivity index (χ0n) is 13.1. The van der Waals surface area contributed by atoms with E-state index in [9.17, 15) is 4.79 Å². The third kappa shape index (κ3) is 5.31. The third-order valence-electron chi connectivity index (χ3n) is 3.62. The molecule has 0 saturated carbocycles. The van der Waals surface area contributed by atoms with Crippen LogP contribution in [-0.2, 0) is 17.9 Å². The summed E-state index contributed by atoms with van der Waals surface area (Å²) in [6, 6.07) is 8.30. The van der Waals surface area contributed by atoms with E-state index in [0.29, 0.717) is 6.54 Å². The van der Waals surface area contributed by atoms with Gasteiger partial charge in [0.25, 0.3) is 0 Å². The smallest absolute Gasteiger partial charge is 0.237 e. The molecule has 0 fully saturated rings. The molecule has 4 heteroatoms. The number of rotatable bonds is 8. The van der Waals surface area contributed by atoms with Crippen LogP contribution < -0.4 is 10.6 Å². The molecule has 0 aliphatic rings. The molecule has 0 aliphatic heterocycles. The number of amides is 1. The summed E-state index contributed by atoms with van der Waals surface area (Å²) in [5.74, 6) is 0.0275. The molecule has 1 aromatic rings. The molecule has 2 N–H and O–H groups in total. The van der Waals surface area contributed by atoms with Gasteiger partial charge in [-0.3, -0.25) is 9.69 Å². The number of carbonyl (C=O) groups excluding carboxylic acids is 1. The van der Waals surface area contributed by atoms with Crippen molar-refractivity contribution in [2.45, 2.75) is 39.9 Å². The van der Waals surface area contributed by atoms with E-state index in [4.69, 9.17) is 0 Å². The van der Waals surface area contributed by atoms with E-state index in [0.717, 1.165) is 25.2 Å². The van der Waals surface area contributed by atoms with Gasteiger partial charge in [-0.2, -0.15) is 0 Å². The van der Waals surface area contributed by atoms with Gasteiger partial charge < -0.3 is 10.6 Å². The van der Waals surface area contributed by atoms with Crippen molar-refractivity contribution in [3.8, 4) is 0 Å². The molecular weight excluding hydrogens is 250 g/mol. The molecule has 0 aliphatic carbocycles. The molecule has 0 aromatic heterocycles. The van der Waals surface area contributed by atoms with Gasteiger partial charge in [0, 0.05) is 13.1 Å². The topological polar surface area (TPSA) is 44.4 Å². The van der Waals surface area contributed by atoms with Crippen molar-refractivity contribution < 1.29 is 4.79 Å². The molecule has 0 heterocycles. The molecule has 4 nitrogen and oxygen atoms in total. The maximum atomic E-state index is 11.7. The van der Waals surface area contributed by atoms with Crippen molar-refractivity contribution in [1.29, 1.82) is 0 Å². The fraction of sp³-hybridized carbons (Fsp3) is 0.562. The summed E-state index contributed by atoms with van der Waals surface area (Å²) in [6.07, 6.45) is 0. The van der Waals surface area contributed by atoms with E-state index >= 15 is 0 Å². The molecule has 1 amide bonds. The highest BCUT2D eigenvalue weighted by atomic mass is 16.2. The second-order valence-corrected chi connectivity index (χ2v) is 5.01. The van der Waals surface area contributed by atoms with Crippen molar-refractivity contribution in [3.05, 3.63) is 35.4 Å². The summed E-state index contributed by atoms with van der Waals surface area (Å²) in [7, 11) is 1.78. The normalized spacial score (nSPS) is 12.4. The van der Waals surface area contributed by atoms with E-state index in [-0.39, 0.29) is 11.9 Å². The van der Waals surface area contributed by atoms with Crippen LogP contribution in [0.5, 0.6) is 0 Å². The number of benzene rings is 1. The minimum absolute atomic E-state index is 0.0275. The molecular formula is C16H27N3O. The Hall–Kier alpha value is -1.39. The van der Waals surface area contributed by atoms with E-state index in [1.807, 2.05) is 6.92 Å². The highest BCUT2D eigenvalue weighted by molar-refractivity contribution is 5.81. The summed E-state index contributed by atoms with van der Waals surface area (Å²) in [6.45, 7) is 9.90. The molecule has 20 heavy (non-hydrogen) atoms. The highest BCUT2D eigenvalue weighted by Gasteiger charge is 2.09. The Kier molecular flexibility index (Phi) is 7.26. The molecule has 0 spiro atoms. The second-order valence-electron chi connectivity index (χ2n) is 5.01. The minimum Gasteiger partial charge on any atom is -0.351 e. The number of hydrogen-bond donors (Lipinski definition) is 2. The fourth-order valence-electron chi connectivity index (χ4n) is 1.94. The maximum absolute atomic E-state index is 11.7. The van der Waals surface area contributed by atoms with Gasteiger partial charge in [-0.05, 0) is 38.2 Å². The SMILES string of the molecule is CCN(CC)Cc1ccc(CNC(=O)C(C)NC)cc1. The molecule has 1 aromatic carbocycles. The van der Waals surface area contributed by atoms with Crippen molar-refractivity contribution >= 4 is 5.91 Å². The lowest BCUT2D eigenvalue weighted by Gasteiger charge is -2.18. The predicted molar refractivity (Wildman–Crippen MR) is 83.4 cm³/mol. The van der Waals surface area contributed by atoms with Crippen LogP contribution in [0.15, 0.2) is 24.3 Å². The van der Waals surface area contributed by atoms with Crippen LogP contribution in [0.1, 0.15) is 31.9 Å². The van der Waals surface area contributed by atoms with Crippen molar-refractivity contribution in [3.63, 3.8) is 0 Å². The number of hydrogen-bond acceptors (Lipinski definition) is 3. The Morgan fingerprint density at radius 1 is 1.15 bits per heavy atom. The largest absolute Gasteiger partial charge is 0.351 e. The van der Waals surface area contributed by atoms with E-state index in [1.165, 1.54) is 5.56 Å². The van der Waals surface area contributed by atoms with Crippen LogP contribution in [-0.4, -0.2) is 37.0 Å². The zero-order valence-corrected chi connectivity index (χ0v) is 13.1. The van der Waals surface area contributed by atoms with Gasteiger partial charge >= 0.3 is 0 Å². The predicted octanol–water partition coefficient (Wildman–Crippen LogP) is 1.75. The van der Waals surface area contributed by atoms with Crippen LogP contribution in [0.25, 0.3) is 0 Å². The lowest BCUT2D eigenvalue weighted by molar-refractivity contribution is -0.122. The lowest BCUT2D eigenvalue weighted by Crippen LogP contribution is -2.39. The first-order valence-corrected chi connectivity index (χ1v) is 7.35. The van der Waals surface area contributed by atoms with Crippen LogP contribution in [0.3, 0.4) is 0 Å². The van der Waals surface area contributed by atoms with Gasteiger partial charge in [-0.1, -0.05) is 38.1 Å². The Labute approximate surface area is 122 Å². The van der Waals surface area contributed by atoms with Gasteiger partial charge in [0.05, 0.1) is 6.04 Å². The molecule has 0 saturated heterocycles. The molecule has 0 bridgehead atoms. The molecule has 1 unspecified atom stereocenters. The number of nitrogens with one attached hydrogen (secondary N) is 2. The second kappa shape index (κ2) is 8.72. The van der Waals surface area contributed by atoms with Gasteiger partial charge in [0.2, 0.25) is 5.91 Å². The van der Waals surface area contributed by atoms with Crippen LogP contribution in [0, 0.1) is 0 Å². The maximum Gasteiger partial charge on any atom is 0.237 e.